The average Bonchev–Trinajstić information content (AvgIpc) is 2.20. The first kappa shape index (κ1) is 14.6. The number of nitrogens with zero attached hydrogens (tertiary/aromatic N) is 1. The molecule has 90 valence electrons. The molecule has 0 spiro atoms. The lowest BCUT2D eigenvalue weighted by Gasteiger charge is -2.12. The van der Waals surface area contributed by atoms with Gasteiger partial charge in [-0.2, -0.15) is 0 Å². The monoisotopic (exact) mass is 247 g/mol. The van der Waals surface area contributed by atoms with Gasteiger partial charge < -0.3 is 16.6 Å². The minimum Gasteiger partial charge on any atom is -0.507 e. The van der Waals surface area contributed by atoms with Crippen molar-refractivity contribution >= 4 is 18.1 Å². The van der Waals surface area contributed by atoms with Crippen molar-refractivity contribution in [1.29, 1.82) is 0 Å². The quantitative estimate of drug-likeness (QED) is 0.544. The van der Waals surface area contributed by atoms with Gasteiger partial charge in [-0.25, -0.2) is 0 Å². The number of hydrogen-bond donors (Lipinski definition) is 3. The Hall–Kier alpha value is -1.37. The van der Waals surface area contributed by atoms with E-state index in [9.17, 15) is 15.2 Å². The van der Waals surface area contributed by atoms with Crippen LogP contribution in [-0.2, 0) is 0 Å². The van der Waals surface area contributed by atoms with Crippen LogP contribution in [0.3, 0.4) is 0 Å². The van der Waals surface area contributed by atoms with Gasteiger partial charge in [-0.15, -0.1) is 12.4 Å². The van der Waals surface area contributed by atoms with E-state index in [1.165, 1.54) is 12.1 Å². The van der Waals surface area contributed by atoms with Crippen molar-refractivity contribution in [3.05, 3.63) is 33.4 Å². The molecule has 0 unspecified atom stereocenters. The fraction of sp³-hybridized carbons (Fsp3) is 0.333. The van der Waals surface area contributed by atoms with Crippen LogP contribution in [0.1, 0.15) is 17.2 Å². The summed E-state index contributed by atoms with van der Waals surface area (Å²) in [5.41, 5.74) is 11.4. The highest BCUT2D eigenvalue weighted by Crippen LogP contribution is 2.34. The molecule has 0 amide bonds. The molecule has 0 aliphatic carbocycles. The number of nitrogens with two attached hydrogens (primary N) is 2. The minimum atomic E-state index is -0.731. The molecule has 16 heavy (non-hydrogen) atoms. The molecular formula is C9H14ClN3O3. The number of phenols is 1. The van der Waals surface area contributed by atoms with Gasteiger partial charge in [-0.3, -0.25) is 10.1 Å². The summed E-state index contributed by atoms with van der Waals surface area (Å²) in [6.07, 6.45) is 0. The molecule has 1 aromatic rings. The number of nitro benzene ring substituents is 1. The van der Waals surface area contributed by atoms with Gasteiger partial charge in [0.2, 0.25) is 0 Å². The summed E-state index contributed by atoms with van der Waals surface area (Å²) in [6.45, 7) is 1.68. The number of nitro groups is 1. The first-order valence-corrected chi connectivity index (χ1v) is 4.41. The maximum Gasteiger partial charge on any atom is 0.277 e. The zero-order chi connectivity index (χ0) is 11.6. The SMILES string of the molecule is Cc1ccc([N+](=O)[O-])c([C@H](N)CN)c1O.Cl. The summed E-state index contributed by atoms with van der Waals surface area (Å²) in [7, 11) is 0. The van der Waals surface area contributed by atoms with Crippen LogP contribution in [0.5, 0.6) is 5.75 Å². The van der Waals surface area contributed by atoms with E-state index < -0.39 is 11.0 Å². The number of aryl methyl sites for hydroxylation is 1. The van der Waals surface area contributed by atoms with Gasteiger partial charge in [0.15, 0.2) is 0 Å². The van der Waals surface area contributed by atoms with E-state index in [0.717, 1.165) is 0 Å². The lowest BCUT2D eigenvalue weighted by Crippen LogP contribution is -2.22. The smallest absolute Gasteiger partial charge is 0.277 e. The van der Waals surface area contributed by atoms with Gasteiger partial charge in [-0.1, -0.05) is 0 Å². The fourth-order valence-electron chi connectivity index (χ4n) is 1.35. The largest absolute Gasteiger partial charge is 0.507 e. The molecule has 0 aliphatic rings. The van der Waals surface area contributed by atoms with Crippen LogP contribution in [0.25, 0.3) is 0 Å². The van der Waals surface area contributed by atoms with Gasteiger partial charge in [0.25, 0.3) is 5.69 Å². The molecule has 0 bridgehead atoms. The summed E-state index contributed by atoms with van der Waals surface area (Å²) in [5, 5.41) is 20.4. The zero-order valence-corrected chi connectivity index (χ0v) is 9.53. The zero-order valence-electron chi connectivity index (χ0n) is 8.71. The number of hydrogen-bond acceptors (Lipinski definition) is 5. The molecule has 1 rings (SSSR count). The molecule has 1 atom stereocenters. The van der Waals surface area contributed by atoms with Crippen LogP contribution in [0, 0.1) is 17.0 Å². The number of phenolic OH excluding ortho intramolecular Hbond substituents is 1. The second-order valence-corrected chi connectivity index (χ2v) is 3.26. The number of benzene rings is 1. The Morgan fingerprint density at radius 1 is 1.56 bits per heavy atom. The predicted molar refractivity (Wildman–Crippen MR) is 62.7 cm³/mol. The lowest BCUT2D eigenvalue weighted by molar-refractivity contribution is -0.385. The molecule has 0 saturated heterocycles. The van der Waals surface area contributed by atoms with E-state index in [1.807, 2.05) is 0 Å². The topological polar surface area (TPSA) is 115 Å². The first-order chi connectivity index (χ1) is 6.99. The Kier molecular flexibility index (Phi) is 5.16. The Balaban J connectivity index is 0.00000225. The fourth-order valence-corrected chi connectivity index (χ4v) is 1.35. The van der Waals surface area contributed by atoms with Crippen molar-refractivity contribution in [2.45, 2.75) is 13.0 Å². The highest BCUT2D eigenvalue weighted by atomic mass is 35.5. The van der Waals surface area contributed by atoms with E-state index in [2.05, 4.69) is 0 Å². The van der Waals surface area contributed by atoms with E-state index in [1.54, 1.807) is 6.92 Å². The van der Waals surface area contributed by atoms with Crippen LogP contribution in [0.2, 0.25) is 0 Å². The Morgan fingerprint density at radius 2 is 2.12 bits per heavy atom. The molecule has 6 nitrogen and oxygen atoms in total. The van der Waals surface area contributed by atoms with E-state index in [-0.39, 0.29) is 36.0 Å². The molecule has 1 aromatic carbocycles. The summed E-state index contributed by atoms with van der Waals surface area (Å²) in [4.78, 5) is 10.1. The second kappa shape index (κ2) is 5.64. The van der Waals surface area contributed by atoms with Gasteiger partial charge in [-0.05, 0) is 18.6 Å². The Morgan fingerprint density at radius 3 is 2.56 bits per heavy atom. The molecule has 7 heteroatoms. The number of halogens is 1. The van der Waals surface area contributed by atoms with Crippen LogP contribution >= 0.6 is 12.4 Å². The molecule has 5 N–H and O–H groups in total. The van der Waals surface area contributed by atoms with Crippen LogP contribution in [-0.4, -0.2) is 16.6 Å². The van der Waals surface area contributed by atoms with Gasteiger partial charge in [0.05, 0.1) is 16.5 Å². The highest BCUT2D eigenvalue weighted by Gasteiger charge is 2.23. The third kappa shape index (κ3) is 2.60. The van der Waals surface area contributed by atoms with Gasteiger partial charge in [0.1, 0.15) is 5.75 Å². The normalized spacial score (nSPS) is 11.7. The molecule has 0 fully saturated rings. The number of aromatic hydroxyl groups is 1. The highest BCUT2D eigenvalue weighted by molar-refractivity contribution is 5.85. The van der Waals surface area contributed by atoms with Crippen molar-refractivity contribution < 1.29 is 10.0 Å². The molecule has 0 aliphatic heterocycles. The maximum absolute atomic E-state index is 10.7. The average molecular weight is 248 g/mol. The second-order valence-electron chi connectivity index (χ2n) is 3.26. The van der Waals surface area contributed by atoms with Crippen LogP contribution < -0.4 is 11.5 Å². The Bertz CT molecular complexity index is 398. The van der Waals surface area contributed by atoms with Crippen molar-refractivity contribution in [2.24, 2.45) is 11.5 Å². The van der Waals surface area contributed by atoms with E-state index in [0.29, 0.717) is 5.56 Å². The summed E-state index contributed by atoms with van der Waals surface area (Å²) in [5.74, 6) is -0.151. The molecule has 0 radical (unpaired) electrons. The van der Waals surface area contributed by atoms with Crippen molar-refractivity contribution in [3.8, 4) is 5.75 Å². The lowest BCUT2D eigenvalue weighted by atomic mass is 10.0. The molecule has 0 saturated carbocycles. The standard InChI is InChI=1S/C9H13N3O3.ClH/c1-5-2-3-7(12(14)15)8(9(5)13)6(11)4-10;/h2-3,6,13H,4,10-11H2,1H3;1H/t6-;/m1./s1. The minimum absolute atomic E-state index is 0. The van der Waals surface area contributed by atoms with Crippen molar-refractivity contribution in [3.63, 3.8) is 0 Å². The van der Waals surface area contributed by atoms with E-state index in [4.69, 9.17) is 11.5 Å². The van der Waals surface area contributed by atoms with Crippen LogP contribution in [0.15, 0.2) is 12.1 Å². The van der Waals surface area contributed by atoms with Crippen molar-refractivity contribution in [2.75, 3.05) is 6.54 Å². The first-order valence-electron chi connectivity index (χ1n) is 4.41. The summed E-state index contributed by atoms with van der Waals surface area (Å²) >= 11 is 0. The predicted octanol–water partition coefficient (Wildman–Crippen LogP) is 0.989. The third-order valence-corrected chi connectivity index (χ3v) is 2.22. The maximum atomic E-state index is 10.7. The molecule has 0 heterocycles. The van der Waals surface area contributed by atoms with Gasteiger partial charge >= 0.3 is 0 Å². The third-order valence-electron chi connectivity index (χ3n) is 2.22. The van der Waals surface area contributed by atoms with Crippen LogP contribution in [0.4, 0.5) is 5.69 Å². The molecular weight excluding hydrogens is 234 g/mol. The summed E-state index contributed by atoms with van der Waals surface area (Å²) in [6, 6.07) is 2.06. The van der Waals surface area contributed by atoms with Crippen molar-refractivity contribution in [1.82, 2.24) is 0 Å². The van der Waals surface area contributed by atoms with E-state index >= 15 is 0 Å². The summed E-state index contributed by atoms with van der Waals surface area (Å²) < 4.78 is 0. The van der Waals surface area contributed by atoms with Gasteiger partial charge in [0, 0.05) is 12.6 Å². The number of rotatable bonds is 3. The molecule has 0 aromatic heterocycles. The Labute approximate surface area is 98.8 Å².